The summed E-state index contributed by atoms with van der Waals surface area (Å²) in [7, 11) is 1.46. The van der Waals surface area contributed by atoms with Crippen LogP contribution in [0.1, 0.15) is 38.3 Å². The van der Waals surface area contributed by atoms with Crippen molar-refractivity contribution in [2.75, 3.05) is 13.7 Å². The van der Waals surface area contributed by atoms with E-state index >= 15 is 0 Å². The van der Waals surface area contributed by atoms with Crippen molar-refractivity contribution in [2.24, 2.45) is 0 Å². The van der Waals surface area contributed by atoms with Gasteiger partial charge >= 0.3 is 5.97 Å². The van der Waals surface area contributed by atoms with Gasteiger partial charge in [-0.3, -0.25) is 4.79 Å². The van der Waals surface area contributed by atoms with E-state index in [0.717, 1.165) is 12.8 Å². The number of methoxy groups -OCH3 is 1. The highest BCUT2D eigenvalue weighted by Gasteiger charge is 2.25. The molecule has 0 aromatic heterocycles. The SMILES string of the molecule is CCCCOC(C)C(=O)NC(C(=O)O)c1ccc(OC)c(Cl)c1. The Balaban J connectivity index is 2.81. The third kappa shape index (κ3) is 5.73. The van der Waals surface area contributed by atoms with Crippen LogP contribution in [0.5, 0.6) is 5.75 Å². The summed E-state index contributed by atoms with van der Waals surface area (Å²) in [6.07, 6.45) is 1.07. The van der Waals surface area contributed by atoms with Gasteiger partial charge in [-0.05, 0) is 31.0 Å². The zero-order valence-electron chi connectivity index (χ0n) is 13.5. The quantitative estimate of drug-likeness (QED) is 0.673. The van der Waals surface area contributed by atoms with E-state index < -0.39 is 24.0 Å². The molecule has 2 unspecified atom stereocenters. The first kappa shape index (κ1) is 19.3. The van der Waals surface area contributed by atoms with Crippen LogP contribution in [0.2, 0.25) is 5.02 Å². The van der Waals surface area contributed by atoms with Crippen LogP contribution >= 0.6 is 11.6 Å². The molecule has 0 spiro atoms. The summed E-state index contributed by atoms with van der Waals surface area (Å²) in [5, 5.41) is 12.1. The summed E-state index contributed by atoms with van der Waals surface area (Å²) in [5.74, 6) is -1.23. The van der Waals surface area contributed by atoms with Gasteiger partial charge in [0.25, 0.3) is 0 Å². The highest BCUT2D eigenvalue weighted by molar-refractivity contribution is 6.32. The fourth-order valence-electron chi connectivity index (χ4n) is 1.89. The molecule has 0 radical (unpaired) electrons. The lowest BCUT2D eigenvalue weighted by Gasteiger charge is -2.19. The Morgan fingerprint density at radius 3 is 2.61 bits per heavy atom. The molecule has 6 nitrogen and oxygen atoms in total. The average molecular weight is 344 g/mol. The molecular weight excluding hydrogens is 322 g/mol. The first-order valence-electron chi connectivity index (χ1n) is 7.38. The topological polar surface area (TPSA) is 84.9 Å². The molecule has 1 rings (SSSR count). The zero-order chi connectivity index (χ0) is 17.4. The summed E-state index contributed by atoms with van der Waals surface area (Å²) >= 11 is 6.01. The fourth-order valence-corrected chi connectivity index (χ4v) is 2.16. The number of hydrogen-bond acceptors (Lipinski definition) is 4. The molecule has 0 aliphatic rings. The van der Waals surface area contributed by atoms with Crippen LogP contribution in [0, 0.1) is 0 Å². The van der Waals surface area contributed by atoms with Gasteiger partial charge < -0.3 is 19.9 Å². The molecule has 1 amide bonds. The number of amides is 1. The Bertz CT molecular complexity index is 549. The number of nitrogens with one attached hydrogen (secondary N) is 1. The Kier molecular flexibility index (Phi) is 7.85. The van der Waals surface area contributed by atoms with Gasteiger partial charge in [0.2, 0.25) is 5.91 Å². The van der Waals surface area contributed by atoms with Gasteiger partial charge in [0, 0.05) is 6.61 Å². The Morgan fingerprint density at radius 1 is 1.39 bits per heavy atom. The average Bonchev–Trinajstić information content (AvgIpc) is 2.52. The molecule has 0 heterocycles. The van der Waals surface area contributed by atoms with E-state index in [1.807, 2.05) is 6.92 Å². The van der Waals surface area contributed by atoms with E-state index in [-0.39, 0.29) is 5.02 Å². The molecule has 0 bridgehead atoms. The van der Waals surface area contributed by atoms with Gasteiger partial charge in [0.1, 0.15) is 11.9 Å². The van der Waals surface area contributed by atoms with Crippen molar-refractivity contribution in [3.8, 4) is 5.75 Å². The largest absolute Gasteiger partial charge is 0.495 e. The minimum atomic E-state index is -1.21. The number of unbranched alkanes of at least 4 members (excludes halogenated alkanes) is 1. The number of carbonyl (C=O) groups is 2. The molecule has 1 aromatic rings. The fraction of sp³-hybridized carbons (Fsp3) is 0.500. The number of halogens is 1. The molecule has 0 fully saturated rings. The maximum atomic E-state index is 12.1. The molecule has 23 heavy (non-hydrogen) atoms. The van der Waals surface area contributed by atoms with Crippen molar-refractivity contribution in [3.63, 3.8) is 0 Å². The smallest absolute Gasteiger partial charge is 0.330 e. The molecule has 1 aromatic carbocycles. The Labute approximate surface area is 140 Å². The normalized spacial score (nSPS) is 13.2. The van der Waals surface area contributed by atoms with Crippen LogP contribution in [0.4, 0.5) is 0 Å². The van der Waals surface area contributed by atoms with Crippen molar-refractivity contribution in [1.29, 1.82) is 0 Å². The van der Waals surface area contributed by atoms with Gasteiger partial charge in [-0.15, -0.1) is 0 Å². The second kappa shape index (κ2) is 9.37. The molecule has 0 aliphatic heterocycles. The number of ether oxygens (including phenoxy) is 2. The number of carboxylic acid groups (broad SMARTS) is 1. The molecule has 128 valence electrons. The molecule has 2 N–H and O–H groups in total. The van der Waals surface area contributed by atoms with E-state index in [9.17, 15) is 14.7 Å². The monoisotopic (exact) mass is 343 g/mol. The lowest BCUT2D eigenvalue weighted by Crippen LogP contribution is -2.40. The second-order valence-corrected chi connectivity index (χ2v) is 5.45. The number of benzene rings is 1. The minimum absolute atomic E-state index is 0.276. The van der Waals surface area contributed by atoms with Crippen LogP contribution < -0.4 is 10.1 Å². The number of carboxylic acids is 1. The molecule has 0 saturated heterocycles. The molecule has 0 saturated carbocycles. The maximum absolute atomic E-state index is 12.1. The van der Waals surface area contributed by atoms with Crippen LogP contribution in [-0.2, 0) is 14.3 Å². The van der Waals surface area contributed by atoms with E-state index in [4.69, 9.17) is 21.1 Å². The summed E-state index contributed by atoms with van der Waals surface area (Å²) < 4.78 is 10.4. The van der Waals surface area contributed by atoms with E-state index in [0.29, 0.717) is 17.9 Å². The highest BCUT2D eigenvalue weighted by Crippen LogP contribution is 2.27. The predicted octanol–water partition coefficient (Wildman–Crippen LogP) is 2.80. The lowest BCUT2D eigenvalue weighted by atomic mass is 10.1. The number of aliphatic carboxylic acids is 1. The van der Waals surface area contributed by atoms with Gasteiger partial charge in [-0.25, -0.2) is 4.79 Å². The zero-order valence-corrected chi connectivity index (χ0v) is 14.2. The molecule has 7 heteroatoms. The molecular formula is C16H22ClNO5. The van der Waals surface area contributed by atoms with Crippen LogP contribution in [0.15, 0.2) is 18.2 Å². The summed E-state index contributed by atoms with van der Waals surface area (Å²) in [6.45, 7) is 4.06. The van der Waals surface area contributed by atoms with E-state index in [1.165, 1.54) is 13.2 Å². The Morgan fingerprint density at radius 2 is 2.09 bits per heavy atom. The summed E-state index contributed by atoms with van der Waals surface area (Å²) in [6, 6.07) is 3.36. The van der Waals surface area contributed by atoms with E-state index in [2.05, 4.69) is 5.32 Å². The van der Waals surface area contributed by atoms with Gasteiger partial charge in [-0.2, -0.15) is 0 Å². The number of rotatable bonds is 9. The Hall–Kier alpha value is -1.79. The second-order valence-electron chi connectivity index (χ2n) is 5.04. The third-order valence-corrected chi connectivity index (χ3v) is 3.57. The van der Waals surface area contributed by atoms with Crippen molar-refractivity contribution >= 4 is 23.5 Å². The summed E-state index contributed by atoms with van der Waals surface area (Å²) in [5.41, 5.74) is 0.359. The first-order valence-corrected chi connectivity index (χ1v) is 7.76. The third-order valence-electron chi connectivity index (χ3n) is 3.28. The van der Waals surface area contributed by atoms with Crippen LogP contribution in [0.3, 0.4) is 0 Å². The van der Waals surface area contributed by atoms with Crippen molar-refractivity contribution < 1.29 is 24.2 Å². The number of hydrogen-bond donors (Lipinski definition) is 2. The summed E-state index contributed by atoms with van der Waals surface area (Å²) in [4.78, 5) is 23.5. The number of carbonyl (C=O) groups excluding carboxylic acids is 1. The van der Waals surface area contributed by atoms with Gasteiger partial charge in [0.15, 0.2) is 6.04 Å². The van der Waals surface area contributed by atoms with Crippen molar-refractivity contribution in [2.45, 2.75) is 38.8 Å². The minimum Gasteiger partial charge on any atom is -0.495 e. The van der Waals surface area contributed by atoms with Gasteiger partial charge in [-0.1, -0.05) is 31.0 Å². The molecule has 2 atom stereocenters. The van der Waals surface area contributed by atoms with Crippen LogP contribution in [-0.4, -0.2) is 36.8 Å². The van der Waals surface area contributed by atoms with E-state index in [1.54, 1.807) is 19.1 Å². The maximum Gasteiger partial charge on any atom is 0.330 e. The first-order chi connectivity index (χ1) is 10.9. The van der Waals surface area contributed by atoms with Crippen LogP contribution in [0.25, 0.3) is 0 Å². The van der Waals surface area contributed by atoms with Crippen molar-refractivity contribution in [1.82, 2.24) is 5.32 Å². The lowest BCUT2D eigenvalue weighted by molar-refractivity contribution is -0.144. The van der Waals surface area contributed by atoms with Crippen molar-refractivity contribution in [3.05, 3.63) is 28.8 Å². The van der Waals surface area contributed by atoms with Gasteiger partial charge in [0.05, 0.1) is 12.1 Å². The molecule has 0 aliphatic carbocycles. The predicted molar refractivity (Wildman–Crippen MR) is 86.8 cm³/mol. The standard InChI is InChI=1S/C16H22ClNO5/c1-4-5-8-23-10(2)15(19)18-14(16(20)21)11-6-7-13(22-3)12(17)9-11/h6-7,9-10,14H,4-5,8H2,1-3H3,(H,18,19)(H,20,21). The highest BCUT2D eigenvalue weighted by atomic mass is 35.5.